The summed E-state index contributed by atoms with van der Waals surface area (Å²) >= 11 is 0. The molecule has 0 bridgehead atoms. The van der Waals surface area contributed by atoms with Gasteiger partial charge in [-0.1, -0.05) is 18.2 Å². The fourth-order valence-corrected chi connectivity index (χ4v) is 5.18. The first-order chi connectivity index (χ1) is 15.6. The van der Waals surface area contributed by atoms with E-state index in [-0.39, 0.29) is 30.8 Å². The van der Waals surface area contributed by atoms with Gasteiger partial charge in [0.1, 0.15) is 6.04 Å². The highest BCUT2D eigenvalue weighted by molar-refractivity contribution is 6.04. The lowest BCUT2D eigenvalue weighted by Crippen LogP contribution is -2.69. The summed E-state index contributed by atoms with van der Waals surface area (Å²) in [5.41, 5.74) is 4.00. The van der Waals surface area contributed by atoms with Crippen LogP contribution in [-0.2, 0) is 24.2 Å². The summed E-state index contributed by atoms with van der Waals surface area (Å²) in [6, 6.07) is 8.41. The second-order valence-electron chi connectivity index (χ2n) is 8.95. The van der Waals surface area contributed by atoms with Crippen LogP contribution in [0.4, 0.5) is 4.79 Å². The SMILES string of the molecule is O=C(CN1C(=O)N(Cc2cccnc2)C(=O)C2NCCCC21)c1ccc2c(c1)CCCC2. The summed E-state index contributed by atoms with van der Waals surface area (Å²) in [5, 5.41) is 3.28. The Labute approximate surface area is 187 Å². The Balaban J connectivity index is 1.40. The maximum Gasteiger partial charge on any atom is 0.327 e. The molecule has 0 saturated carbocycles. The number of carbonyl (C=O) groups is 3. The first-order valence-corrected chi connectivity index (χ1v) is 11.5. The molecule has 7 heteroatoms. The molecule has 1 aromatic carbocycles. The van der Waals surface area contributed by atoms with Crippen molar-refractivity contribution in [3.8, 4) is 0 Å². The second-order valence-corrected chi connectivity index (χ2v) is 8.95. The lowest BCUT2D eigenvalue weighted by molar-refractivity contribution is -0.137. The monoisotopic (exact) mass is 432 g/mol. The summed E-state index contributed by atoms with van der Waals surface area (Å²) in [6.45, 7) is 0.867. The number of fused-ring (bicyclic) bond motifs is 2. The zero-order valence-corrected chi connectivity index (χ0v) is 18.1. The number of ketones is 1. The van der Waals surface area contributed by atoms with Crippen molar-refractivity contribution in [3.05, 3.63) is 65.0 Å². The largest absolute Gasteiger partial charge is 0.327 e. The van der Waals surface area contributed by atoms with Gasteiger partial charge >= 0.3 is 6.03 Å². The number of aromatic nitrogens is 1. The van der Waals surface area contributed by atoms with Gasteiger partial charge < -0.3 is 10.2 Å². The standard InChI is InChI=1S/C25H28N4O3/c30-22(20-10-9-18-6-1-2-7-19(18)13-20)16-28-21-8-4-12-27-23(21)24(31)29(25(28)32)15-17-5-3-11-26-14-17/h3,5,9-11,13-14,21,23,27H,1-2,4,6-8,12,15-16H2. The van der Waals surface area contributed by atoms with Gasteiger partial charge in [-0.05, 0) is 73.9 Å². The predicted octanol–water partition coefficient (Wildman–Crippen LogP) is 2.73. The molecule has 2 aliphatic heterocycles. The number of hydrogen-bond donors (Lipinski definition) is 1. The molecular weight excluding hydrogens is 404 g/mol. The molecule has 32 heavy (non-hydrogen) atoms. The van der Waals surface area contributed by atoms with E-state index < -0.39 is 12.1 Å². The molecule has 2 unspecified atom stereocenters. The summed E-state index contributed by atoms with van der Waals surface area (Å²) in [6.07, 6.45) is 9.31. The van der Waals surface area contributed by atoms with E-state index in [1.54, 1.807) is 23.4 Å². The molecular formula is C25H28N4O3. The fourth-order valence-electron chi connectivity index (χ4n) is 5.18. The summed E-state index contributed by atoms with van der Waals surface area (Å²) in [7, 11) is 0. The smallest absolute Gasteiger partial charge is 0.311 e. The number of imide groups is 1. The molecule has 0 spiro atoms. The Morgan fingerprint density at radius 3 is 2.75 bits per heavy atom. The first-order valence-electron chi connectivity index (χ1n) is 11.5. The van der Waals surface area contributed by atoms with Crippen LogP contribution in [0.5, 0.6) is 0 Å². The summed E-state index contributed by atoms with van der Waals surface area (Å²) < 4.78 is 0. The Bertz CT molecular complexity index is 1040. The van der Waals surface area contributed by atoms with Gasteiger partial charge in [0.15, 0.2) is 5.78 Å². The molecule has 5 rings (SSSR count). The Kier molecular flexibility index (Phi) is 5.74. The van der Waals surface area contributed by atoms with Crippen molar-refractivity contribution in [2.24, 2.45) is 0 Å². The van der Waals surface area contributed by atoms with Crippen LogP contribution >= 0.6 is 0 Å². The molecule has 2 atom stereocenters. The molecule has 2 saturated heterocycles. The minimum absolute atomic E-state index is 0.0166. The molecule has 3 amide bonds. The predicted molar refractivity (Wildman–Crippen MR) is 119 cm³/mol. The number of nitrogens with zero attached hydrogens (tertiary/aromatic N) is 3. The van der Waals surface area contributed by atoms with Gasteiger partial charge in [0, 0.05) is 18.0 Å². The highest BCUT2D eigenvalue weighted by Crippen LogP contribution is 2.27. The second kappa shape index (κ2) is 8.82. The average molecular weight is 433 g/mol. The number of nitrogens with one attached hydrogen (secondary N) is 1. The van der Waals surface area contributed by atoms with Crippen molar-refractivity contribution >= 4 is 17.7 Å². The number of pyridine rings is 1. The quantitative estimate of drug-likeness (QED) is 0.735. The van der Waals surface area contributed by atoms with Crippen LogP contribution in [0, 0.1) is 0 Å². The molecule has 3 aliphatic rings. The third-order valence-electron chi connectivity index (χ3n) is 6.88. The van der Waals surface area contributed by atoms with Gasteiger partial charge in [-0.2, -0.15) is 0 Å². The summed E-state index contributed by atoms with van der Waals surface area (Å²) in [5.74, 6) is -0.298. The number of piperidine rings is 1. The van der Waals surface area contributed by atoms with Crippen molar-refractivity contribution < 1.29 is 14.4 Å². The van der Waals surface area contributed by atoms with Crippen molar-refractivity contribution in [2.75, 3.05) is 13.1 Å². The normalized spacial score (nSPS) is 23.0. The van der Waals surface area contributed by atoms with Crippen molar-refractivity contribution in [1.82, 2.24) is 20.1 Å². The Morgan fingerprint density at radius 1 is 1.09 bits per heavy atom. The number of carbonyl (C=O) groups excluding carboxylic acids is 3. The fraction of sp³-hybridized carbons (Fsp3) is 0.440. The zero-order chi connectivity index (χ0) is 22.1. The number of rotatable bonds is 5. The van der Waals surface area contributed by atoms with Gasteiger partial charge in [0.25, 0.3) is 0 Å². The van der Waals surface area contributed by atoms with Gasteiger partial charge in [-0.3, -0.25) is 19.5 Å². The van der Waals surface area contributed by atoms with Crippen LogP contribution in [0.2, 0.25) is 0 Å². The Hall–Kier alpha value is -3.06. The molecule has 1 aromatic heterocycles. The van der Waals surface area contributed by atoms with Crippen molar-refractivity contribution in [2.45, 2.75) is 57.2 Å². The van der Waals surface area contributed by atoms with Crippen LogP contribution in [-0.4, -0.2) is 57.7 Å². The minimum atomic E-state index is -0.477. The van der Waals surface area contributed by atoms with Crippen LogP contribution in [0.25, 0.3) is 0 Å². The van der Waals surface area contributed by atoms with Gasteiger partial charge in [-0.25, -0.2) is 4.79 Å². The van der Waals surface area contributed by atoms with Gasteiger partial charge in [0.2, 0.25) is 5.91 Å². The van der Waals surface area contributed by atoms with Gasteiger partial charge in [-0.15, -0.1) is 0 Å². The van der Waals surface area contributed by atoms with Crippen LogP contribution in [0.3, 0.4) is 0 Å². The average Bonchev–Trinajstić information content (AvgIpc) is 2.84. The van der Waals surface area contributed by atoms with Crippen molar-refractivity contribution in [3.63, 3.8) is 0 Å². The van der Waals surface area contributed by atoms with Crippen LogP contribution in [0.15, 0.2) is 42.7 Å². The topological polar surface area (TPSA) is 82.6 Å². The lowest BCUT2D eigenvalue weighted by Gasteiger charge is -2.46. The molecule has 7 nitrogen and oxygen atoms in total. The van der Waals surface area contributed by atoms with Crippen molar-refractivity contribution in [1.29, 1.82) is 0 Å². The first kappa shape index (κ1) is 20.8. The molecule has 1 aliphatic carbocycles. The zero-order valence-electron chi connectivity index (χ0n) is 18.1. The number of Topliss-reactive ketones (excluding diaryl/α,β-unsaturated/α-hetero) is 1. The van der Waals surface area contributed by atoms with Crippen LogP contribution in [0.1, 0.15) is 52.7 Å². The molecule has 3 heterocycles. The van der Waals surface area contributed by atoms with E-state index in [1.165, 1.54) is 22.4 Å². The molecule has 166 valence electrons. The maximum atomic E-state index is 13.4. The highest BCUT2D eigenvalue weighted by Gasteiger charge is 2.47. The third kappa shape index (κ3) is 3.93. The van der Waals surface area contributed by atoms with Gasteiger partial charge in [0.05, 0.1) is 19.1 Å². The molecule has 2 aromatic rings. The Morgan fingerprint density at radius 2 is 1.94 bits per heavy atom. The van der Waals surface area contributed by atoms with E-state index in [2.05, 4.69) is 16.4 Å². The lowest BCUT2D eigenvalue weighted by atomic mass is 9.89. The number of benzene rings is 1. The maximum absolute atomic E-state index is 13.4. The van der Waals surface area contributed by atoms with E-state index in [1.807, 2.05) is 18.2 Å². The van der Waals surface area contributed by atoms with E-state index in [9.17, 15) is 14.4 Å². The van der Waals surface area contributed by atoms with E-state index in [0.717, 1.165) is 37.8 Å². The van der Waals surface area contributed by atoms with E-state index >= 15 is 0 Å². The molecule has 0 radical (unpaired) electrons. The molecule has 1 N–H and O–H groups in total. The third-order valence-corrected chi connectivity index (χ3v) is 6.88. The number of aryl methyl sites for hydroxylation is 2. The number of urea groups is 1. The minimum Gasteiger partial charge on any atom is -0.311 e. The molecule has 2 fully saturated rings. The van der Waals surface area contributed by atoms with E-state index in [0.29, 0.717) is 12.0 Å². The highest BCUT2D eigenvalue weighted by atomic mass is 16.2. The number of hydrogen-bond acceptors (Lipinski definition) is 5. The summed E-state index contributed by atoms with van der Waals surface area (Å²) in [4.78, 5) is 46.8. The number of amides is 3. The van der Waals surface area contributed by atoms with Crippen LogP contribution < -0.4 is 5.32 Å². The van der Waals surface area contributed by atoms with E-state index in [4.69, 9.17) is 0 Å².